The molecule has 0 spiro atoms. The Kier molecular flexibility index (Phi) is 7.05. The Hall–Kier alpha value is -3.80. The van der Waals surface area contributed by atoms with Gasteiger partial charge in [-0.3, -0.25) is 4.79 Å². The van der Waals surface area contributed by atoms with E-state index in [-0.39, 0.29) is 6.61 Å². The number of ether oxygens (including phenoxy) is 3. The number of nitrogens with one attached hydrogen (secondary N) is 1. The molecule has 1 N–H and O–H groups in total. The maximum Gasteiger partial charge on any atom is 0.345 e. The summed E-state index contributed by atoms with van der Waals surface area (Å²) in [5.74, 6) is -0.0867. The third kappa shape index (κ3) is 5.61. The number of carbonyl (C=O) groups is 2. The van der Waals surface area contributed by atoms with Crippen molar-refractivity contribution in [1.82, 2.24) is 0 Å². The predicted octanol–water partition coefficient (Wildman–Crippen LogP) is 4.31. The lowest BCUT2D eigenvalue weighted by atomic mass is 10.1. The lowest BCUT2D eigenvalue weighted by molar-refractivity contribution is -0.156. The molecular formula is C24H23NO5. The second-order valence-corrected chi connectivity index (χ2v) is 6.58. The molecule has 0 aliphatic rings. The van der Waals surface area contributed by atoms with Crippen molar-refractivity contribution in [3.8, 4) is 11.5 Å². The monoisotopic (exact) mass is 405 g/mol. The van der Waals surface area contributed by atoms with Crippen molar-refractivity contribution in [2.45, 2.75) is 13.0 Å². The quantitative estimate of drug-likeness (QED) is 0.566. The first-order valence-electron chi connectivity index (χ1n) is 9.44. The summed E-state index contributed by atoms with van der Waals surface area (Å²) in [5, 5.41) is 2.80. The lowest BCUT2D eigenvalue weighted by Gasteiger charge is -2.19. The Morgan fingerprint density at radius 3 is 2.27 bits per heavy atom. The van der Waals surface area contributed by atoms with Gasteiger partial charge in [-0.2, -0.15) is 0 Å². The van der Waals surface area contributed by atoms with E-state index in [9.17, 15) is 9.59 Å². The van der Waals surface area contributed by atoms with Gasteiger partial charge in [0.25, 0.3) is 5.91 Å². The number of benzene rings is 3. The van der Waals surface area contributed by atoms with E-state index < -0.39 is 18.0 Å². The number of aryl methyl sites for hydroxylation is 1. The summed E-state index contributed by atoms with van der Waals surface area (Å²) >= 11 is 0. The topological polar surface area (TPSA) is 73.9 Å². The number of hydrogen-bond acceptors (Lipinski definition) is 5. The van der Waals surface area contributed by atoms with E-state index in [0.29, 0.717) is 22.7 Å². The molecule has 0 bridgehead atoms. The second-order valence-electron chi connectivity index (χ2n) is 6.58. The fraction of sp³-hybridized carbons (Fsp3) is 0.167. The van der Waals surface area contributed by atoms with Gasteiger partial charge >= 0.3 is 5.97 Å². The molecule has 3 aromatic carbocycles. The minimum Gasteiger partial charge on any atom is -0.495 e. The van der Waals surface area contributed by atoms with Gasteiger partial charge in [-0.25, -0.2) is 4.79 Å². The molecule has 3 aromatic rings. The molecule has 3 rings (SSSR count). The van der Waals surface area contributed by atoms with Crippen LogP contribution < -0.4 is 14.8 Å². The molecule has 1 amide bonds. The van der Waals surface area contributed by atoms with Gasteiger partial charge in [0.15, 0.2) is 6.61 Å². The number of anilines is 1. The van der Waals surface area contributed by atoms with E-state index in [1.54, 1.807) is 60.7 Å². The summed E-state index contributed by atoms with van der Waals surface area (Å²) in [5.41, 5.74) is 2.00. The third-order valence-electron chi connectivity index (χ3n) is 4.30. The van der Waals surface area contributed by atoms with Crippen molar-refractivity contribution in [3.63, 3.8) is 0 Å². The van der Waals surface area contributed by atoms with E-state index >= 15 is 0 Å². The van der Waals surface area contributed by atoms with Crippen LogP contribution in [0.2, 0.25) is 0 Å². The Balaban J connectivity index is 1.75. The van der Waals surface area contributed by atoms with Gasteiger partial charge in [-0.15, -0.1) is 0 Å². The number of rotatable bonds is 8. The third-order valence-corrected chi connectivity index (χ3v) is 4.30. The molecule has 6 nitrogen and oxygen atoms in total. The number of amides is 1. The van der Waals surface area contributed by atoms with E-state index in [0.717, 1.165) is 5.56 Å². The molecule has 154 valence electrons. The molecule has 6 heteroatoms. The summed E-state index contributed by atoms with van der Waals surface area (Å²) in [4.78, 5) is 25.4. The first-order valence-corrected chi connectivity index (χ1v) is 9.44. The van der Waals surface area contributed by atoms with Gasteiger partial charge in [0, 0.05) is 5.56 Å². The van der Waals surface area contributed by atoms with Crippen molar-refractivity contribution in [3.05, 3.63) is 90.0 Å². The van der Waals surface area contributed by atoms with Crippen molar-refractivity contribution >= 4 is 17.6 Å². The van der Waals surface area contributed by atoms with Crippen LogP contribution in [0.3, 0.4) is 0 Å². The van der Waals surface area contributed by atoms with Crippen LogP contribution in [0, 0.1) is 6.92 Å². The van der Waals surface area contributed by atoms with E-state index in [1.165, 1.54) is 7.11 Å². The molecule has 30 heavy (non-hydrogen) atoms. The average molecular weight is 405 g/mol. The zero-order valence-electron chi connectivity index (χ0n) is 16.8. The SMILES string of the molecule is COc1ccc(C)cc1NC(=O)[C@H](OC(=O)COc1ccccc1)c1ccccc1. The van der Waals surface area contributed by atoms with E-state index in [1.807, 2.05) is 25.1 Å². The molecule has 0 saturated heterocycles. The van der Waals surface area contributed by atoms with Gasteiger partial charge in [0.05, 0.1) is 12.8 Å². The van der Waals surface area contributed by atoms with Crippen LogP contribution in [0.15, 0.2) is 78.9 Å². The number of esters is 1. The second kappa shape index (κ2) is 10.1. The lowest BCUT2D eigenvalue weighted by Crippen LogP contribution is -2.28. The largest absolute Gasteiger partial charge is 0.495 e. The normalized spacial score (nSPS) is 11.3. The van der Waals surface area contributed by atoms with Crippen molar-refractivity contribution in [1.29, 1.82) is 0 Å². The van der Waals surface area contributed by atoms with Gasteiger partial charge in [0.2, 0.25) is 6.10 Å². The Bertz CT molecular complexity index is 989. The van der Waals surface area contributed by atoms with Gasteiger partial charge < -0.3 is 19.5 Å². The minimum absolute atomic E-state index is 0.311. The fourth-order valence-corrected chi connectivity index (χ4v) is 2.84. The smallest absolute Gasteiger partial charge is 0.345 e. The molecule has 0 radical (unpaired) electrons. The number of carbonyl (C=O) groups excluding carboxylic acids is 2. The molecule has 0 fully saturated rings. The number of methoxy groups -OCH3 is 1. The number of para-hydroxylation sites is 1. The van der Waals surface area contributed by atoms with Gasteiger partial charge in [-0.05, 0) is 36.8 Å². The molecule has 0 aromatic heterocycles. The molecule has 0 aliphatic heterocycles. The Morgan fingerprint density at radius 1 is 0.933 bits per heavy atom. The molecular weight excluding hydrogens is 382 g/mol. The first-order chi connectivity index (χ1) is 14.6. The Morgan fingerprint density at radius 2 is 1.60 bits per heavy atom. The highest BCUT2D eigenvalue weighted by Crippen LogP contribution is 2.27. The fourth-order valence-electron chi connectivity index (χ4n) is 2.84. The summed E-state index contributed by atoms with van der Waals surface area (Å²) < 4.78 is 16.2. The highest BCUT2D eigenvalue weighted by molar-refractivity contribution is 5.97. The van der Waals surface area contributed by atoms with Gasteiger partial charge in [-0.1, -0.05) is 54.6 Å². The highest BCUT2D eigenvalue weighted by Gasteiger charge is 2.26. The molecule has 0 heterocycles. The zero-order chi connectivity index (χ0) is 21.3. The minimum atomic E-state index is -1.14. The molecule has 0 unspecified atom stereocenters. The molecule has 0 saturated carbocycles. The maximum absolute atomic E-state index is 13.0. The first kappa shape index (κ1) is 20.9. The molecule has 0 aliphatic carbocycles. The van der Waals surface area contributed by atoms with Crippen LogP contribution in [-0.4, -0.2) is 25.6 Å². The van der Waals surface area contributed by atoms with Crippen LogP contribution in [-0.2, 0) is 14.3 Å². The van der Waals surface area contributed by atoms with E-state index in [4.69, 9.17) is 14.2 Å². The van der Waals surface area contributed by atoms with Crippen LogP contribution in [0.1, 0.15) is 17.2 Å². The molecule has 1 atom stereocenters. The van der Waals surface area contributed by atoms with Gasteiger partial charge in [0.1, 0.15) is 11.5 Å². The van der Waals surface area contributed by atoms with Crippen LogP contribution in [0.5, 0.6) is 11.5 Å². The summed E-state index contributed by atoms with van der Waals surface area (Å²) in [7, 11) is 1.52. The summed E-state index contributed by atoms with van der Waals surface area (Å²) in [6.07, 6.45) is -1.14. The van der Waals surface area contributed by atoms with Crippen molar-refractivity contribution < 1.29 is 23.8 Å². The zero-order valence-corrected chi connectivity index (χ0v) is 16.8. The van der Waals surface area contributed by atoms with E-state index in [2.05, 4.69) is 5.32 Å². The van der Waals surface area contributed by atoms with Crippen molar-refractivity contribution in [2.75, 3.05) is 19.0 Å². The standard InChI is InChI=1S/C24H23NO5/c1-17-13-14-21(28-2)20(15-17)25-24(27)23(18-9-5-3-6-10-18)30-22(26)16-29-19-11-7-4-8-12-19/h3-15,23H,16H2,1-2H3,(H,25,27)/t23-/m1/s1. The number of hydrogen-bond donors (Lipinski definition) is 1. The average Bonchev–Trinajstić information content (AvgIpc) is 2.77. The maximum atomic E-state index is 13.0. The van der Waals surface area contributed by atoms with Crippen molar-refractivity contribution in [2.24, 2.45) is 0 Å². The highest BCUT2D eigenvalue weighted by atomic mass is 16.6. The Labute approximate surface area is 175 Å². The predicted molar refractivity (Wildman–Crippen MR) is 114 cm³/mol. The van der Waals surface area contributed by atoms with Crippen LogP contribution >= 0.6 is 0 Å². The van der Waals surface area contributed by atoms with Crippen LogP contribution in [0.25, 0.3) is 0 Å². The summed E-state index contributed by atoms with van der Waals surface area (Å²) in [6, 6.07) is 23.2. The summed E-state index contributed by atoms with van der Waals surface area (Å²) in [6.45, 7) is 1.60. The van der Waals surface area contributed by atoms with Crippen LogP contribution in [0.4, 0.5) is 5.69 Å².